The molecule has 12 heteroatoms. The van der Waals surface area contributed by atoms with Crippen LogP contribution in [0.4, 0.5) is 13.2 Å². The minimum atomic E-state index is -4.63. The molecule has 1 aromatic carbocycles. The van der Waals surface area contributed by atoms with E-state index in [0.717, 1.165) is 16.7 Å². The van der Waals surface area contributed by atoms with Crippen molar-refractivity contribution in [2.75, 3.05) is 0 Å². The SMILES string of the molecule is Cc1noc(C)c1-c1cc(C(=O)NCc2cc(CO)no2)c(=O)n(-c2cccc(C(F)(F)F)c2)c1C. The maximum Gasteiger partial charge on any atom is 0.416 e. The molecule has 4 aromatic rings. The Hall–Kier alpha value is -4.19. The summed E-state index contributed by atoms with van der Waals surface area (Å²) in [5, 5.41) is 19.2. The molecule has 0 bridgehead atoms. The van der Waals surface area contributed by atoms with Gasteiger partial charge in [-0.3, -0.25) is 14.2 Å². The van der Waals surface area contributed by atoms with Gasteiger partial charge in [0.2, 0.25) is 0 Å². The molecule has 0 saturated carbocycles. The summed E-state index contributed by atoms with van der Waals surface area (Å²) in [6.45, 7) is 4.40. The molecule has 0 atom stereocenters. The number of rotatable bonds is 6. The number of aryl methyl sites for hydroxylation is 2. The van der Waals surface area contributed by atoms with E-state index < -0.39 is 23.2 Å². The lowest BCUT2D eigenvalue weighted by molar-refractivity contribution is -0.137. The molecule has 3 heterocycles. The summed E-state index contributed by atoms with van der Waals surface area (Å²) in [6, 6.07) is 7.09. The van der Waals surface area contributed by atoms with Gasteiger partial charge in [0, 0.05) is 28.6 Å². The van der Waals surface area contributed by atoms with E-state index in [9.17, 15) is 22.8 Å². The van der Waals surface area contributed by atoms with Gasteiger partial charge in [-0.1, -0.05) is 16.4 Å². The highest BCUT2D eigenvalue weighted by Gasteiger charge is 2.31. The van der Waals surface area contributed by atoms with Gasteiger partial charge >= 0.3 is 6.18 Å². The van der Waals surface area contributed by atoms with Crippen molar-refractivity contribution in [3.05, 3.63) is 86.5 Å². The van der Waals surface area contributed by atoms with Crippen molar-refractivity contribution < 1.29 is 32.1 Å². The highest BCUT2D eigenvalue weighted by atomic mass is 19.4. The lowest BCUT2D eigenvalue weighted by atomic mass is 9.99. The van der Waals surface area contributed by atoms with Gasteiger partial charge in [-0.25, -0.2) is 0 Å². The number of alkyl halides is 3. The van der Waals surface area contributed by atoms with Gasteiger partial charge in [0.1, 0.15) is 17.0 Å². The Morgan fingerprint density at radius 2 is 1.86 bits per heavy atom. The van der Waals surface area contributed by atoms with Gasteiger partial charge in [-0.05, 0) is 45.0 Å². The number of aromatic nitrogens is 3. The van der Waals surface area contributed by atoms with E-state index in [1.54, 1.807) is 20.8 Å². The minimum absolute atomic E-state index is 0.0576. The van der Waals surface area contributed by atoms with Crippen LogP contribution in [0.5, 0.6) is 0 Å². The van der Waals surface area contributed by atoms with Crippen LogP contribution in [-0.2, 0) is 19.3 Å². The Morgan fingerprint density at radius 3 is 2.47 bits per heavy atom. The van der Waals surface area contributed by atoms with Crippen molar-refractivity contribution in [1.29, 1.82) is 0 Å². The number of nitrogens with zero attached hydrogens (tertiary/aromatic N) is 3. The van der Waals surface area contributed by atoms with Gasteiger partial charge < -0.3 is 19.5 Å². The number of halogens is 3. The van der Waals surface area contributed by atoms with Crippen LogP contribution in [-0.4, -0.2) is 25.9 Å². The van der Waals surface area contributed by atoms with Gasteiger partial charge in [0.25, 0.3) is 11.5 Å². The van der Waals surface area contributed by atoms with E-state index in [0.29, 0.717) is 28.3 Å². The highest BCUT2D eigenvalue weighted by molar-refractivity contribution is 5.95. The molecule has 1 amide bonds. The molecule has 0 aliphatic carbocycles. The van der Waals surface area contributed by atoms with Crippen molar-refractivity contribution in [2.45, 2.75) is 40.1 Å². The zero-order chi connectivity index (χ0) is 26.2. The zero-order valence-corrected chi connectivity index (χ0v) is 19.4. The lowest BCUT2D eigenvalue weighted by Gasteiger charge is -2.18. The second kappa shape index (κ2) is 9.46. The number of pyridine rings is 1. The van der Waals surface area contributed by atoms with Crippen LogP contribution in [0.25, 0.3) is 16.8 Å². The number of carbonyl (C=O) groups is 1. The summed E-state index contributed by atoms with van der Waals surface area (Å²) in [4.78, 5) is 26.5. The molecule has 2 N–H and O–H groups in total. The summed E-state index contributed by atoms with van der Waals surface area (Å²) in [5.41, 5.74) is -0.156. The molecule has 188 valence electrons. The first kappa shape index (κ1) is 24.9. The summed E-state index contributed by atoms with van der Waals surface area (Å²) in [6.07, 6.45) is -4.63. The van der Waals surface area contributed by atoms with E-state index in [2.05, 4.69) is 15.6 Å². The molecular formula is C24H21F3N4O5. The van der Waals surface area contributed by atoms with Crippen LogP contribution >= 0.6 is 0 Å². The van der Waals surface area contributed by atoms with Crippen molar-refractivity contribution >= 4 is 5.91 Å². The summed E-state index contributed by atoms with van der Waals surface area (Å²) < 4.78 is 51.5. The van der Waals surface area contributed by atoms with Crippen LogP contribution in [0.3, 0.4) is 0 Å². The standard InChI is InChI=1S/C24H21F3N4O5/c1-12-21(14(3)35-29-12)19-9-20(22(33)28-10-18-8-16(11-32)30-36-18)23(34)31(13(19)2)17-6-4-5-15(7-17)24(25,26)27/h4-9,32H,10-11H2,1-3H3,(H,28,33). The van der Waals surface area contributed by atoms with Gasteiger partial charge in [0.05, 0.1) is 24.4 Å². The highest BCUT2D eigenvalue weighted by Crippen LogP contribution is 2.33. The molecule has 9 nitrogen and oxygen atoms in total. The molecule has 0 aliphatic rings. The number of nitrogens with one attached hydrogen (secondary N) is 1. The number of aliphatic hydroxyl groups is 1. The average Bonchev–Trinajstić information content (AvgIpc) is 3.43. The fourth-order valence-electron chi connectivity index (χ4n) is 3.90. The Bertz CT molecular complexity index is 1480. The van der Waals surface area contributed by atoms with Crippen molar-refractivity contribution in [2.24, 2.45) is 0 Å². The first-order valence-corrected chi connectivity index (χ1v) is 10.7. The Kier molecular flexibility index (Phi) is 6.55. The smallest absolute Gasteiger partial charge is 0.390 e. The van der Waals surface area contributed by atoms with E-state index in [1.165, 1.54) is 24.3 Å². The fourth-order valence-corrected chi connectivity index (χ4v) is 3.90. The monoisotopic (exact) mass is 502 g/mol. The second-order valence-electron chi connectivity index (χ2n) is 8.07. The average molecular weight is 502 g/mol. The third-order valence-electron chi connectivity index (χ3n) is 5.62. The number of amides is 1. The summed E-state index contributed by atoms with van der Waals surface area (Å²) in [5.74, 6) is -0.131. The molecule has 36 heavy (non-hydrogen) atoms. The topological polar surface area (TPSA) is 123 Å². The zero-order valence-electron chi connectivity index (χ0n) is 19.4. The van der Waals surface area contributed by atoms with Crippen molar-refractivity contribution in [3.8, 4) is 16.8 Å². The molecule has 0 spiro atoms. The van der Waals surface area contributed by atoms with Gasteiger partial charge in [-0.15, -0.1) is 0 Å². The van der Waals surface area contributed by atoms with E-state index in [1.807, 2.05) is 0 Å². The Balaban J connectivity index is 1.87. The number of hydrogen-bond donors (Lipinski definition) is 2. The third-order valence-corrected chi connectivity index (χ3v) is 5.62. The molecule has 0 radical (unpaired) electrons. The minimum Gasteiger partial charge on any atom is -0.390 e. The quantitative estimate of drug-likeness (QED) is 0.411. The molecule has 0 aliphatic heterocycles. The maximum absolute atomic E-state index is 13.5. The normalized spacial score (nSPS) is 11.6. The van der Waals surface area contributed by atoms with E-state index >= 15 is 0 Å². The molecule has 4 rings (SSSR count). The lowest BCUT2D eigenvalue weighted by Crippen LogP contribution is -2.33. The number of hydrogen-bond acceptors (Lipinski definition) is 7. The van der Waals surface area contributed by atoms with Crippen LogP contribution < -0.4 is 10.9 Å². The number of carbonyl (C=O) groups excluding carboxylic acids is 1. The predicted octanol–water partition coefficient (Wildman–Crippen LogP) is 3.85. The van der Waals surface area contributed by atoms with Crippen LogP contribution in [0.1, 0.15) is 44.5 Å². The maximum atomic E-state index is 13.5. The van der Waals surface area contributed by atoms with E-state index in [4.69, 9.17) is 14.2 Å². The van der Waals surface area contributed by atoms with Crippen molar-refractivity contribution in [1.82, 2.24) is 20.2 Å². The number of aliphatic hydroxyl groups excluding tert-OH is 1. The summed E-state index contributed by atoms with van der Waals surface area (Å²) in [7, 11) is 0. The first-order chi connectivity index (χ1) is 17.0. The van der Waals surface area contributed by atoms with Gasteiger partial charge in [0.15, 0.2) is 5.76 Å². The second-order valence-corrected chi connectivity index (χ2v) is 8.07. The molecule has 0 unspecified atom stereocenters. The van der Waals surface area contributed by atoms with Crippen molar-refractivity contribution in [3.63, 3.8) is 0 Å². The Labute approximate surface area is 202 Å². The summed E-state index contributed by atoms with van der Waals surface area (Å²) >= 11 is 0. The van der Waals surface area contributed by atoms with Gasteiger partial charge in [-0.2, -0.15) is 13.2 Å². The molecule has 0 fully saturated rings. The molecule has 0 saturated heterocycles. The largest absolute Gasteiger partial charge is 0.416 e. The first-order valence-electron chi connectivity index (χ1n) is 10.7. The van der Waals surface area contributed by atoms with Crippen LogP contribution in [0, 0.1) is 20.8 Å². The van der Waals surface area contributed by atoms with Crippen LogP contribution in [0.2, 0.25) is 0 Å². The van der Waals surface area contributed by atoms with Crippen LogP contribution in [0.15, 0.2) is 50.2 Å². The number of benzene rings is 1. The molecule has 3 aromatic heterocycles. The Morgan fingerprint density at radius 1 is 1.11 bits per heavy atom. The van der Waals surface area contributed by atoms with E-state index in [-0.39, 0.29) is 35.9 Å². The molecular weight excluding hydrogens is 481 g/mol. The fraction of sp³-hybridized carbons (Fsp3) is 0.250. The third kappa shape index (κ3) is 4.67. The predicted molar refractivity (Wildman–Crippen MR) is 120 cm³/mol.